The molecule has 1 aromatic rings. The van der Waals surface area contributed by atoms with Crippen molar-refractivity contribution in [1.29, 1.82) is 0 Å². The lowest BCUT2D eigenvalue weighted by Crippen LogP contribution is -2.36. The first-order chi connectivity index (χ1) is 6.57. The molecule has 3 nitrogen and oxygen atoms in total. The highest BCUT2D eigenvalue weighted by Crippen LogP contribution is 2.08. The van der Waals surface area contributed by atoms with Crippen molar-refractivity contribution < 1.29 is 27.9 Å². The molecule has 0 unspecified atom stereocenters. The van der Waals surface area contributed by atoms with Gasteiger partial charge in [-0.1, -0.05) is 6.07 Å². The zero-order chi connectivity index (χ0) is 10.7. The summed E-state index contributed by atoms with van der Waals surface area (Å²) in [6.45, 7) is 0. The van der Waals surface area contributed by atoms with Gasteiger partial charge in [0.2, 0.25) is 0 Å². The van der Waals surface area contributed by atoms with Crippen LogP contribution >= 0.6 is 0 Å². The van der Waals surface area contributed by atoms with Gasteiger partial charge in [0.05, 0.1) is 7.11 Å². The minimum absolute atomic E-state index is 0.536. The number of hydrogen-bond donors (Lipinski definition) is 1. The van der Waals surface area contributed by atoms with E-state index >= 15 is 0 Å². The average molecular weight is 206 g/mol. The highest BCUT2D eigenvalue weighted by Gasteiger charge is 2.25. The SMILES string of the molecule is COOB(O)c1ccc(F)c(F)c1F. The molecule has 0 bridgehead atoms. The molecule has 0 aliphatic heterocycles. The van der Waals surface area contributed by atoms with Gasteiger partial charge in [-0.2, -0.15) is 0 Å². The Morgan fingerprint density at radius 3 is 2.43 bits per heavy atom. The van der Waals surface area contributed by atoms with Gasteiger partial charge in [0.25, 0.3) is 0 Å². The summed E-state index contributed by atoms with van der Waals surface area (Å²) in [5.41, 5.74) is -0.536. The molecule has 76 valence electrons. The highest BCUT2D eigenvalue weighted by atomic mass is 19.2. The number of rotatable bonds is 3. The number of halogens is 3. The van der Waals surface area contributed by atoms with Crippen LogP contribution in [0.2, 0.25) is 0 Å². The van der Waals surface area contributed by atoms with Gasteiger partial charge >= 0.3 is 7.12 Å². The third-order valence-electron chi connectivity index (χ3n) is 1.52. The van der Waals surface area contributed by atoms with Crippen molar-refractivity contribution in [1.82, 2.24) is 0 Å². The third-order valence-corrected chi connectivity index (χ3v) is 1.52. The van der Waals surface area contributed by atoms with E-state index in [4.69, 9.17) is 5.02 Å². The van der Waals surface area contributed by atoms with Gasteiger partial charge in [0, 0.05) is 5.46 Å². The second-order valence-corrected chi connectivity index (χ2v) is 2.38. The molecule has 0 saturated heterocycles. The van der Waals surface area contributed by atoms with E-state index in [9.17, 15) is 13.2 Å². The first-order valence-electron chi connectivity index (χ1n) is 3.59. The zero-order valence-corrected chi connectivity index (χ0v) is 7.13. The Labute approximate surface area is 78.1 Å². The summed E-state index contributed by atoms with van der Waals surface area (Å²) in [5, 5.41) is 9.04. The molecule has 14 heavy (non-hydrogen) atoms. The van der Waals surface area contributed by atoms with E-state index in [2.05, 4.69) is 9.69 Å². The second kappa shape index (κ2) is 4.45. The lowest BCUT2D eigenvalue weighted by Gasteiger charge is -2.06. The minimum Gasteiger partial charge on any atom is -0.422 e. The average Bonchev–Trinajstić information content (AvgIpc) is 2.15. The summed E-state index contributed by atoms with van der Waals surface area (Å²) in [5.74, 6) is -4.51. The van der Waals surface area contributed by atoms with Crippen molar-refractivity contribution in [2.24, 2.45) is 0 Å². The maximum Gasteiger partial charge on any atom is 0.526 e. The van der Waals surface area contributed by atoms with Gasteiger partial charge in [0.1, 0.15) is 0 Å². The molecule has 0 spiro atoms. The van der Waals surface area contributed by atoms with E-state index in [0.29, 0.717) is 6.07 Å². The molecule has 0 amide bonds. The summed E-state index contributed by atoms with van der Waals surface area (Å²) in [6.07, 6.45) is 0. The van der Waals surface area contributed by atoms with Gasteiger partial charge in [-0.05, 0) is 6.07 Å². The normalized spacial score (nSPS) is 10.4. The van der Waals surface area contributed by atoms with E-state index in [-0.39, 0.29) is 0 Å². The van der Waals surface area contributed by atoms with Crippen molar-refractivity contribution >= 4 is 12.6 Å². The van der Waals surface area contributed by atoms with Crippen LogP contribution in [0.5, 0.6) is 0 Å². The van der Waals surface area contributed by atoms with Gasteiger partial charge in [-0.25, -0.2) is 13.2 Å². The fourth-order valence-electron chi connectivity index (χ4n) is 0.875. The van der Waals surface area contributed by atoms with Gasteiger partial charge in [0.15, 0.2) is 17.5 Å². The molecular formula is C7H6BF3O3. The van der Waals surface area contributed by atoms with E-state index in [1.165, 1.54) is 0 Å². The van der Waals surface area contributed by atoms with Crippen molar-refractivity contribution in [3.8, 4) is 0 Å². The molecule has 1 rings (SSSR count). The van der Waals surface area contributed by atoms with Crippen LogP contribution < -0.4 is 5.46 Å². The summed E-state index contributed by atoms with van der Waals surface area (Å²) in [6, 6.07) is 1.54. The highest BCUT2D eigenvalue weighted by molar-refractivity contribution is 6.59. The van der Waals surface area contributed by atoms with Gasteiger partial charge in [-0.15, -0.1) is 0 Å². The predicted molar refractivity (Wildman–Crippen MR) is 42.0 cm³/mol. The first kappa shape index (κ1) is 11.0. The monoisotopic (exact) mass is 206 g/mol. The molecule has 0 aliphatic rings. The van der Waals surface area contributed by atoms with Crippen LogP contribution in [0.1, 0.15) is 0 Å². The Kier molecular flexibility index (Phi) is 3.51. The molecular weight excluding hydrogens is 200 g/mol. The van der Waals surface area contributed by atoms with Gasteiger partial charge in [-0.3, -0.25) is 9.69 Å². The molecule has 0 atom stereocenters. The van der Waals surface area contributed by atoms with Crippen molar-refractivity contribution in [3.63, 3.8) is 0 Å². The minimum atomic E-state index is -1.80. The maximum absolute atomic E-state index is 12.9. The molecule has 1 N–H and O–H groups in total. The quantitative estimate of drug-likeness (QED) is 0.336. The fraction of sp³-hybridized carbons (Fsp3) is 0.143. The van der Waals surface area contributed by atoms with Crippen LogP contribution in [-0.4, -0.2) is 19.3 Å². The zero-order valence-electron chi connectivity index (χ0n) is 7.13. The fourth-order valence-corrected chi connectivity index (χ4v) is 0.875. The third kappa shape index (κ3) is 2.06. The Balaban J connectivity index is 3.04. The largest absolute Gasteiger partial charge is 0.526 e. The lowest BCUT2D eigenvalue weighted by molar-refractivity contribution is -0.193. The Morgan fingerprint density at radius 2 is 1.86 bits per heavy atom. The topological polar surface area (TPSA) is 38.7 Å². The van der Waals surface area contributed by atoms with E-state index in [1.807, 2.05) is 0 Å². The summed E-state index contributed by atoms with van der Waals surface area (Å²) in [7, 11) is -0.712. The van der Waals surface area contributed by atoms with Crippen molar-refractivity contribution in [2.75, 3.05) is 7.11 Å². The number of hydrogen-bond acceptors (Lipinski definition) is 3. The number of benzene rings is 1. The van der Waals surface area contributed by atoms with Gasteiger partial charge < -0.3 is 5.02 Å². The van der Waals surface area contributed by atoms with Crippen LogP contribution in [0.15, 0.2) is 12.1 Å². The standard InChI is InChI=1S/C7H6BF3O3/c1-13-14-8(12)4-2-3-5(9)7(11)6(4)10/h2-3,12H,1H3. The smallest absolute Gasteiger partial charge is 0.422 e. The Hall–Kier alpha value is -1.05. The molecule has 0 fully saturated rings. The van der Waals surface area contributed by atoms with E-state index in [0.717, 1.165) is 13.2 Å². The molecule has 0 heterocycles. The van der Waals surface area contributed by atoms with Crippen molar-refractivity contribution in [3.05, 3.63) is 29.6 Å². The van der Waals surface area contributed by atoms with Crippen LogP contribution in [0, 0.1) is 17.5 Å². The van der Waals surface area contributed by atoms with E-state index in [1.54, 1.807) is 0 Å². The van der Waals surface area contributed by atoms with E-state index < -0.39 is 30.0 Å². The predicted octanol–water partition coefficient (Wildman–Crippen LogP) is 0.369. The maximum atomic E-state index is 12.9. The summed E-state index contributed by atoms with van der Waals surface area (Å²) in [4.78, 5) is 8.18. The molecule has 7 heteroatoms. The molecule has 0 aromatic heterocycles. The van der Waals surface area contributed by atoms with Crippen LogP contribution in [-0.2, 0) is 9.69 Å². The lowest BCUT2D eigenvalue weighted by atomic mass is 9.79. The van der Waals surface area contributed by atoms with Crippen molar-refractivity contribution in [2.45, 2.75) is 0 Å². The summed E-state index contributed by atoms with van der Waals surface area (Å²) >= 11 is 0. The molecule has 0 radical (unpaired) electrons. The Morgan fingerprint density at radius 1 is 1.21 bits per heavy atom. The van der Waals surface area contributed by atoms with Crippen LogP contribution in [0.3, 0.4) is 0 Å². The Bertz CT molecular complexity index is 334. The summed E-state index contributed by atoms with van der Waals surface area (Å²) < 4.78 is 38.0. The molecule has 0 aliphatic carbocycles. The molecule has 0 saturated carbocycles. The molecule has 1 aromatic carbocycles. The second-order valence-electron chi connectivity index (χ2n) is 2.38. The van der Waals surface area contributed by atoms with Crippen LogP contribution in [0.25, 0.3) is 0 Å². The van der Waals surface area contributed by atoms with Crippen LogP contribution in [0.4, 0.5) is 13.2 Å². The first-order valence-corrected chi connectivity index (χ1v) is 3.59.